The van der Waals surface area contributed by atoms with Gasteiger partial charge in [0.15, 0.2) is 0 Å². The lowest BCUT2D eigenvalue weighted by molar-refractivity contribution is 0.0950. The minimum atomic E-state index is -3.33. The minimum absolute atomic E-state index is 0.146. The zero-order chi connectivity index (χ0) is 18.9. The lowest BCUT2D eigenvalue weighted by atomic mass is 10.1. The molecule has 7 heteroatoms. The maximum atomic E-state index is 12.5. The van der Waals surface area contributed by atoms with Crippen LogP contribution in [0.3, 0.4) is 0 Å². The summed E-state index contributed by atoms with van der Waals surface area (Å²) >= 11 is 0. The summed E-state index contributed by atoms with van der Waals surface area (Å²) in [5.74, 6) is 0.517. The third kappa shape index (κ3) is 3.53. The van der Waals surface area contributed by atoms with Gasteiger partial charge in [-0.1, -0.05) is 18.2 Å². The average Bonchev–Trinajstić information content (AvgIpc) is 2.94. The van der Waals surface area contributed by atoms with E-state index < -0.39 is 10.0 Å². The van der Waals surface area contributed by atoms with Gasteiger partial charge in [-0.05, 0) is 43.2 Å². The van der Waals surface area contributed by atoms with Gasteiger partial charge in [-0.15, -0.1) is 0 Å². The largest absolute Gasteiger partial charge is 0.496 e. The molecule has 1 amide bonds. The standard InChI is InChI=1S/C19H22N2O4S/c1-13-10-16-11-14(8-9-17(16)21(13)26(3,23)24)19(22)20-12-15-6-4-5-7-18(15)25-2/h4-9,11,13H,10,12H2,1-3H3,(H,20,22)/t13-/m0/s1. The number of hydrogen-bond acceptors (Lipinski definition) is 4. The van der Waals surface area contributed by atoms with Crippen molar-refractivity contribution in [2.75, 3.05) is 17.7 Å². The molecule has 1 N–H and O–H groups in total. The summed E-state index contributed by atoms with van der Waals surface area (Å²) in [5.41, 5.74) is 2.93. The van der Waals surface area contributed by atoms with E-state index in [1.165, 1.54) is 10.6 Å². The number of benzene rings is 2. The van der Waals surface area contributed by atoms with E-state index in [9.17, 15) is 13.2 Å². The SMILES string of the molecule is COc1ccccc1CNC(=O)c1ccc2c(c1)C[C@H](C)N2S(C)(=O)=O. The molecule has 0 bridgehead atoms. The van der Waals surface area contributed by atoms with E-state index in [0.717, 1.165) is 16.9 Å². The maximum Gasteiger partial charge on any atom is 0.251 e. The average molecular weight is 374 g/mol. The number of para-hydroxylation sites is 1. The summed E-state index contributed by atoms with van der Waals surface area (Å²) in [6.45, 7) is 2.22. The van der Waals surface area contributed by atoms with Gasteiger partial charge in [-0.2, -0.15) is 0 Å². The fourth-order valence-electron chi connectivity index (χ4n) is 3.38. The lowest BCUT2D eigenvalue weighted by Gasteiger charge is -2.21. The Balaban J connectivity index is 1.77. The van der Waals surface area contributed by atoms with Crippen molar-refractivity contribution in [3.05, 3.63) is 59.2 Å². The first-order valence-corrected chi connectivity index (χ1v) is 10.2. The topological polar surface area (TPSA) is 75.7 Å². The molecule has 2 aromatic carbocycles. The van der Waals surface area contributed by atoms with Crippen molar-refractivity contribution in [2.24, 2.45) is 0 Å². The fourth-order valence-corrected chi connectivity index (χ4v) is 4.64. The molecular formula is C19H22N2O4S. The summed E-state index contributed by atoms with van der Waals surface area (Å²) in [5, 5.41) is 2.88. The van der Waals surface area contributed by atoms with Crippen LogP contribution < -0.4 is 14.4 Å². The van der Waals surface area contributed by atoms with Gasteiger partial charge in [0, 0.05) is 23.7 Å². The molecule has 1 aliphatic rings. The Morgan fingerprint density at radius 1 is 1.27 bits per heavy atom. The van der Waals surface area contributed by atoms with Crippen LogP contribution in [-0.2, 0) is 23.0 Å². The number of carbonyl (C=O) groups excluding carboxylic acids is 1. The Kier molecular flexibility index (Phi) is 4.91. The smallest absolute Gasteiger partial charge is 0.251 e. The minimum Gasteiger partial charge on any atom is -0.496 e. The van der Waals surface area contributed by atoms with Crippen LogP contribution in [0.2, 0.25) is 0 Å². The van der Waals surface area contributed by atoms with Crippen molar-refractivity contribution < 1.29 is 17.9 Å². The lowest BCUT2D eigenvalue weighted by Crippen LogP contribution is -2.34. The van der Waals surface area contributed by atoms with Crippen LogP contribution in [0.4, 0.5) is 5.69 Å². The molecular weight excluding hydrogens is 352 g/mol. The van der Waals surface area contributed by atoms with Crippen molar-refractivity contribution in [3.63, 3.8) is 0 Å². The zero-order valence-corrected chi connectivity index (χ0v) is 15.8. The van der Waals surface area contributed by atoms with Gasteiger partial charge in [0.1, 0.15) is 5.75 Å². The Morgan fingerprint density at radius 2 is 2.00 bits per heavy atom. The van der Waals surface area contributed by atoms with Gasteiger partial charge in [0.25, 0.3) is 5.91 Å². The summed E-state index contributed by atoms with van der Waals surface area (Å²) in [6, 6.07) is 12.5. The Bertz CT molecular complexity index is 940. The molecule has 0 aliphatic carbocycles. The monoisotopic (exact) mass is 374 g/mol. The molecule has 0 aromatic heterocycles. The molecule has 1 atom stereocenters. The van der Waals surface area contributed by atoms with Gasteiger partial charge in [-0.25, -0.2) is 8.42 Å². The number of ether oxygens (including phenoxy) is 1. The van der Waals surface area contributed by atoms with Crippen LogP contribution in [0.1, 0.15) is 28.4 Å². The Hall–Kier alpha value is -2.54. The fraction of sp³-hybridized carbons (Fsp3) is 0.316. The molecule has 0 radical (unpaired) electrons. The summed E-state index contributed by atoms with van der Waals surface area (Å²) < 4.78 is 30.7. The Labute approximate surface area is 153 Å². The molecule has 1 aliphatic heterocycles. The van der Waals surface area contributed by atoms with Crippen molar-refractivity contribution >= 4 is 21.6 Å². The predicted octanol–water partition coefficient (Wildman–Crippen LogP) is 2.34. The zero-order valence-electron chi connectivity index (χ0n) is 15.0. The second-order valence-corrected chi connectivity index (χ2v) is 8.31. The molecule has 0 fully saturated rings. The van der Waals surface area contributed by atoms with Gasteiger partial charge < -0.3 is 10.1 Å². The first-order valence-electron chi connectivity index (χ1n) is 8.33. The van der Waals surface area contributed by atoms with Crippen LogP contribution in [0.15, 0.2) is 42.5 Å². The molecule has 3 rings (SSSR count). The van der Waals surface area contributed by atoms with Crippen LogP contribution in [0, 0.1) is 0 Å². The van der Waals surface area contributed by atoms with E-state index in [4.69, 9.17) is 4.74 Å². The van der Waals surface area contributed by atoms with E-state index in [1.54, 1.807) is 25.3 Å². The highest BCUT2D eigenvalue weighted by atomic mass is 32.2. The number of rotatable bonds is 5. The van der Waals surface area contributed by atoms with Crippen LogP contribution in [0.5, 0.6) is 5.75 Å². The quantitative estimate of drug-likeness (QED) is 0.872. The number of hydrogen-bond donors (Lipinski definition) is 1. The molecule has 1 heterocycles. The molecule has 6 nitrogen and oxygen atoms in total. The van der Waals surface area contributed by atoms with Crippen molar-refractivity contribution in [1.82, 2.24) is 5.32 Å². The number of carbonyl (C=O) groups is 1. The third-order valence-corrected chi connectivity index (χ3v) is 5.76. The van der Waals surface area contributed by atoms with Gasteiger partial charge in [0.05, 0.1) is 19.1 Å². The first kappa shape index (κ1) is 18.3. The molecule has 138 valence electrons. The van der Waals surface area contributed by atoms with E-state index in [2.05, 4.69) is 5.32 Å². The van der Waals surface area contributed by atoms with E-state index >= 15 is 0 Å². The second-order valence-electron chi connectivity index (χ2n) is 6.45. The summed E-state index contributed by atoms with van der Waals surface area (Å²) in [4.78, 5) is 12.5. The normalized spacial score (nSPS) is 16.3. The molecule has 0 spiro atoms. The van der Waals surface area contributed by atoms with E-state index in [0.29, 0.717) is 24.2 Å². The highest BCUT2D eigenvalue weighted by molar-refractivity contribution is 7.92. The van der Waals surface area contributed by atoms with Crippen molar-refractivity contribution in [1.29, 1.82) is 0 Å². The molecule has 0 saturated carbocycles. The number of amides is 1. The highest BCUT2D eigenvalue weighted by Gasteiger charge is 2.32. The molecule has 26 heavy (non-hydrogen) atoms. The highest BCUT2D eigenvalue weighted by Crippen LogP contribution is 2.34. The number of sulfonamides is 1. The first-order chi connectivity index (χ1) is 12.3. The number of methoxy groups -OCH3 is 1. The third-order valence-electron chi connectivity index (χ3n) is 4.48. The van der Waals surface area contributed by atoms with Crippen LogP contribution in [-0.4, -0.2) is 33.7 Å². The molecule has 0 unspecified atom stereocenters. The summed E-state index contributed by atoms with van der Waals surface area (Å²) in [6.07, 6.45) is 1.79. The predicted molar refractivity (Wildman–Crippen MR) is 101 cm³/mol. The number of nitrogens with one attached hydrogen (secondary N) is 1. The second kappa shape index (κ2) is 6.99. The van der Waals surface area contributed by atoms with E-state index in [-0.39, 0.29) is 11.9 Å². The molecule has 2 aromatic rings. The molecule has 0 saturated heterocycles. The Morgan fingerprint density at radius 3 is 2.69 bits per heavy atom. The van der Waals surface area contributed by atoms with Crippen LogP contribution >= 0.6 is 0 Å². The van der Waals surface area contributed by atoms with Gasteiger partial charge in [-0.3, -0.25) is 9.10 Å². The van der Waals surface area contributed by atoms with Crippen molar-refractivity contribution in [3.8, 4) is 5.75 Å². The van der Waals surface area contributed by atoms with Gasteiger partial charge in [0.2, 0.25) is 10.0 Å². The maximum absolute atomic E-state index is 12.5. The number of nitrogens with zero attached hydrogens (tertiary/aromatic N) is 1. The number of fused-ring (bicyclic) bond motifs is 1. The number of anilines is 1. The van der Waals surface area contributed by atoms with E-state index in [1.807, 2.05) is 31.2 Å². The van der Waals surface area contributed by atoms with Crippen LogP contribution in [0.25, 0.3) is 0 Å². The van der Waals surface area contributed by atoms with Crippen molar-refractivity contribution in [2.45, 2.75) is 25.9 Å². The van der Waals surface area contributed by atoms with Gasteiger partial charge >= 0.3 is 0 Å². The summed E-state index contributed by atoms with van der Waals surface area (Å²) in [7, 11) is -1.74.